The van der Waals surface area contributed by atoms with Gasteiger partial charge >= 0.3 is 0 Å². The first-order chi connectivity index (χ1) is 10.2. The van der Waals surface area contributed by atoms with Gasteiger partial charge in [0.2, 0.25) is 0 Å². The summed E-state index contributed by atoms with van der Waals surface area (Å²) in [6.45, 7) is 0. The van der Waals surface area contributed by atoms with E-state index in [1.54, 1.807) is 6.07 Å². The number of benzene rings is 3. The van der Waals surface area contributed by atoms with Gasteiger partial charge in [-0.05, 0) is 52.6 Å². The van der Waals surface area contributed by atoms with E-state index in [1.165, 1.54) is 28.5 Å². The Balaban J connectivity index is 1.72. The van der Waals surface area contributed by atoms with Crippen molar-refractivity contribution >= 4 is 16.5 Å². The van der Waals surface area contributed by atoms with Gasteiger partial charge in [0.1, 0.15) is 0 Å². The molecule has 104 valence electrons. The maximum Gasteiger partial charge on any atom is 0.159 e. The molecule has 0 bridgehead atoms. The van der Waals surface area contributed by atoms with Crippen LogP contribution in [0.5, 0.6) is 0 Å². The molecule has 1 aliphatic heterocycles. The van der Waals surface area contributed by atoms with Crippen molar-refractivity contribution in [3.8, 4) is 0 Å². The largest absolute Gasteiger partial charge is 0.378 e. The van der Waals surface area contributed by atoms with Crippen LogP contribution in [0.4, 0.5) is 14.5 Å². The molecule has 1 heterocycles. The number of halogens is 2. The molecule has 0 spiro atoms. The predicted molar refractivity (Wildman–Crippen MR) is 80.4 cm³/mol. The van der Waals surface area contributed by atoms with Crippen molar-refractivity contribution in [1.82, 2.24) is 0 Å². The SMILES string of the molecule is Fc1ccc(C2Cc3cc4ccccc4cc3N2)cc1F. The van der Waals surface area contributed by atoms with Gasteiger partial charge in [-0.3, -0.25) is 0 Å². The summed E-state index contributed by atoms with van der Waals surface area (Å²) in [5.74, 6) is -1.60. The second-order valence-corrected chi connectivity index (χ2v) is 5.43. The predicted octanol–water partition coefficient (Wildman–Crippen LogP) is 4.83. The lowest BCUT2D eigenvalue weighted by Crippen LogP contribution is -2.06. The Hall–Kier alpha value is -2.42. The quantitative estimate of drug-likeness (QED) is 0.674. The maximum atomic E-state index is 13.4. The number of rotatable bonds is 1. The van der Waals surface area contributed by atoms with Crippen molar-refractivity contribution < 1.29 is 8.78 Å². The van der Waals surface area contributed by atoms with Crippen LogP contribution < -0.4 is 5.32 Å². The molecular formula is C18H13F2N. The second kappa shape index (κ2) is 4.55. The van der Waals surface area contributed by atoms with E-state index in [1.807, 2.05) is 12.1 Å². The highest BCUT2D eigenvalue weighted by Crippen LogP contribution is 2.37. The van der Waals surface area contributed by atoms with Crippen LogP contribution in [0.15, 0.2) is 54.6 Å². The highest BCUT2D eigenvalue weighted by atomic mass is 19.2. The smallest absolute Gasteiger partial charge is 0.159 e. The Labute approximate surface area is 121 Å². The molecule has 1 aliphatic rings. The summed E-state index contributed by atoms with van der Waals surface area (Å²) < 4.78 is 26.4. The summed E-state index contributed by atoms with van der Waals surface area (Å²) in [4.78, 5) is 0. The van der Waals surface area contributed by atoms with E-state index < -0.39 is 11.6 Å². The molecule has 3 aromatic carbocycles. The van der Waals surface area contributed by atoms with Crippen LogP contribution in [0.1, 0.15) is 17.2 Å². The fourth-order valence-electron chi connectivity index (χ4n) is 2.98. The number of hydrogen-bond donors (Lipinski definition) is 1. The summed E-state index contributed by atoms with van der Waals surface area (Å²) in [7, 11) is 0. The van der Waals surface area contributed by atoms with Gasteiger partial charge in [-0.1, -0.05) is 30.3 Å². The zero-order chi connectivity index (χ0) is 14.4. The maximum absolute atomic E-state index is 13.4. The molecule has 3 aromatic rings. The van der Waals surface area contributed by atoms with Gasteiger partial charge in [-0.15, -0.1) is 0 Å². The molecule has 1 atom stereocenters. The number of anilines is 1. The Bertz CT molecular complexity index is 797. The summed E-state index contributed by atoms with van der Waals surface area (Å²) >= 11 is 0. The van der Waals surface area contributed by atoms with Crippen molar-refractivity contribution in [2.24, 2.45) is 0 Å². The highest BCUT2D eigenvalue weighted by Gasteiger charge is 2.23. The fourth-order valence-corrected chi connectivity index (χ4v) is 2.98. The Morgan fingerprint density at radius 1 is 0.857 bits per heavy atom. The first-order valence-corrected chi connectivity index (χ1v) is 6.94. The molecule has 3 heteroatoms. The van der Waals surface area contributed by atoms with Crippen LogP contribution in [-0.2, 0) is 6.42 Å². The number of nitrogens with one attached hydrogen (secondary N) is 1. The van der Waals surface area contributed by atoms with E-state index in [0.717, 1.165) is 17.7 Å². The topological polar surface area (TPSA) is 12.0 Å². The molecule has 0 aliphatic carbocycles. The zero-order valence-corrected chi connectivity index (χ0v) is 11.2. The summed E-state index contributed by atoms with van der Waals surface area (Å²) in [5.41, 5.74) is 3.06. The van der Waals surface area contributed by atoms with Crippen LogP contribution in [0.2, 0.25) is 0 Å². The third kappa shape index (κ3) is 2.05. The van der Waals surface area contributed by atoms with Crippen LogP contribution in [0.25, 0.3) is 10.8 Å². The minimum atomic E-state index is -0.806. The molecule has 21 heavy (non-hydrogen) atoms. The minimum absolute atomic E-state index is 0.00749. The molecule has 0 amide bonds. The first-order valence-electron chi connectivity index (χ1n) is 6.94. The van der Waals surface area contributed by atoms with Gasteiger partial charge in [-0.25, -0.2) is 8.78 Å². The molecule has 4 rings (SSSR count). The molecule has 1 unspecified atom stereocenters. The average molecular weight is 281 g/mol. The summed E-state index contributed by atoms with van der Waals surface area (Å²) in [5, 5.41) is 5.77. The Morgan fingerprint density at radius 2 is 1.62 bits per heavy atom. The molecular weight excluding hydrogens is 268 g/mol. The zero-order valence-electron chi connectivity index (χ0n) is 11.2. The highest BCUT2D eigenvalue weighted by molar-refractivity contribution is 5.88. The monoisotopic (exact) mass is 281 g/mol. The van der Waals surface area contributed by atoms with E-state index in [9.17, 15) is 8.78 Å². The van der Waals surface area contributed by atoms with Crippen LogP contribution in [0.3, 0.4) is 0 Å². The van der Waals surface area contributed by atoms with Gasteiger partial charge in [0.15, 0.2) is 11.6 Å². The molecule has 0 radical (unpaired) electrons. The first kappa shape index (κ1) is 12.3. The van der Waals surface area contributed by atoms with Gasteiger partial charge in [0.25, 0.3) is 0 Å². The van der Waals surface area contributed by atoms with E-state index in [2.05, 4.69) is 29.6 Å². The van der Waals surface area contributed by atoms with Crippen LogP contribution >= 0.6 is 0 Å². The van der Waals surface area contributed by atoms with Crippen LogP contribution in [-0.4, -0.2) is 0 Å². The van der Waals surface area contributed by atoms with Crippen molar-refractivity contribution in [3.05, 3.63) is 77.4 Å². The number of fused-ring (bicyclic) bond motifs is 2. The number of hydrogen-bond acceptors (Lipinski definition) is 1. The lowest BCUT2D eigenvalue weighted by molar-refractivity contribution is 0.506. The summed E-state index contributed by atoms with van der Waals surface area (Å²) in [6.07, 6.45) is 0.783. The van der Waals surface area contributed by atoms with Crippen molar-refractivity contribution in [1.29, 1.82) is 0 Å². The lowest BCUT2D eigenvalue weighted by Gasteiger charge is -2.11. The minimum Gasteiger partial charge on any atom is -0.378 e. The molecule has 1 nitrogen and oxygen atoms in total. The van der Waals surface area contributed by atoms with Crippen LogP contribution in [0, 0.1) is 11.6 Å². The third-order valence-corrected chi connectivity index (χ3v) is 4.07. The third-order valence-electron chi connectivity index (χ3n) is 4.07. The Kier molecular flexibility index (Phi) is 2.67. The molecule has 0 aromatic heterocycles. The fraction of sp³-hybridized carbons (Fsp3) is 0.111. The normalized spacial score (nSPS) is 16.8. The molecule has 1 N–H and O–H groups in total. The van der Waals surface area contributed by atoms with E-state index in [4.69, 9.17) is 0 Å². The van der Waals surface area contributed by atoms with E-state index in [0.29, 0.717) is 0 Å². The molecule has 0 fully saturated rings. The van der Waals surface area contributed by atoms with Gasteiger partial charge in [0, 0.05) is 5.69 Å². The van der Waals surface area contributed by atoms with Gasteiger partial charge < -0.3 is 5.32 Å². The Morgan fingerprint density at radius 3 is 2.38 bits per heavy atom. The lowest BCUT2D eigenvalue weighted by atomic mass is 10.0. The summed E-state index contributed by atoms with van der Waals surface area (Å²) in [6, 6.07) is 16.6. The molecule has 0 saturated heterocycles. The molecule has 0 saturated carbocycles. The van der Waals surface area contributed by atoms with Crippen molar-refractivity contribution in [2.45, 2.75) is 12.5 Å². The second-order valence-electron chi connectivity index (χ2n) is 5.43. The van der Waals surface area contributed by atoms with E-state index >= 15 is 0 Å². The van der Waals surface area contributed by atoms with E-state index in [-0.39, 0.29) is 6.04 Å². The van der Waals surface area contributed by atoms with Crippen molar-refractivity contribution in [2.75, 3.05) is 5.32 Å². The van der Waals surface area contributed by atoms with Gasteiger partial charge in [0.05, 0.1) is 6.04 Å². The average Bonchev–Trinajstić information content (AvgIpc) is 2.90. The standard InChI is InChI=1S/C18H13F2N/c19-15-6-5-13(8-16(15)20)17-10-14-7-11-3-1-2-4-12(11)9-18(14)21-17/h1-9,17,21H,10H2. The van der Waals surface area contributed by atoms with Gasteiger partial charge in [-0.2, -0.15) is 0 Å². The van der Waals surface area contributed by atoms with Crippen molar-refractivity contribution in [3.63, 3.8) is 0 Å².